The van der Waals surface area contributed by atoms with Crippen molar-refractivity contribution in [1.29, 1.82) is 0 Å². The van der Waals surface area contributed by atoms with Gasteiger partial charge in [0.05, 0.1) is 31.5 Å². The molecule has 162 valence electrons. The Morgan fingerprint density at radius 1 is 1.21 bits per heavy atom. The van der Waals surface area contributed by atoms with Crippen LogP contribution in [-0.4, -0.2) is 68.1 Å². The van der Waals surface area contributed by atoms with Crippen LogP contribution >= 0.6 is 12.4 Å². The molecule has 10 heteroatoms. The number of ether oxygens (including phenoxy) is 2. The molecule has 29 heavy (non-hydrogen) atoms. The maximum Gasteiger partial charge on any atom is 0.260 e. The molecule has 2 rings (SSSR count). The number of amides is 3. The smallest absolute Gasteiger partial charge is 0.260 e. The summed E-state index contributed by atoms with van der Waals surface area (Å²) in [6, 6.07) is 6.13. The van der Waals surface area contributed by atoms with Gasteiger partial charge in [-0.25, -0.2) is 0 Å². The van der Waals surface area contributed by atoms with E-state index in [4.69, 9.17) is 15.2 Å². The molecule has 3 amide bonds. The lowest BCUT2D eigenvalue weighted by Crippen LogP contribution is -2.46. The number of hydrogen-bond acceptors (Lipinski definition) is 6. The molecule has 1 aromatic carbocycles. The Morgan fingerprint density at radius 3 is 2.52 bits per heavy atom. The first-order valence-electron chi connectivity index (χ1n) is 9.29. The second-order valence-corrected chi connectivity index (χ2v) is 6.81. The maximum atomic E-state index is 12.2. The molecule has 9 nitrogen and oxygen atoms in total. The Kier molecular flexibility index (Phi) is 10.4. The fourth-order valence-corrected chi connectivity index (χ4v) is 2.52. The van der Waals surface area contributed by atoms with Crippen LogP contribution in [0.2, 0.25) is 0 Å². The van der Waals surface area contributed by atoms with E-state index >= 15 is 0 Å². The number of anilines is 1. The molecule has 0 aromatic heterocycles. The van der Waals surface area contributed by atoms with Crippen molar-refractivity contribution >= 4 is 35.8 Å². The lowest BCUT2D eigenvalue weighted by molar-refractivity contribution is -0.137. The molecule has 0 spiro atoms. The number of para-hydroxylation sites is 2. The first kappa shape index (κ1) is 24.7. The van der Waals surface area contributed by atoms with Gasteiger partial charge in [0.15, 0.2) is 6.61 Å². The van der Waals surface area contributed by atoms with E-state index in [0.29, 0.717) is 37.7 Å². The van der Waals surface area contributed by atoms with E-state index in [0.717, 1.165) is 0 Å². The van der Waals surface area contributed by atoms with Crippen LogP contribution in [0.15, 0.2) is 24.3 Å². The molecule has 1 fully saturated rings. The summed E-state index contributed by atoms with van der Waals surface area (Å²) in [6.45, 7) is 5.44. The van der Waals surface area contributed by atoms with E-state index in [2.05, 4.69) is 10.6 Å². The monoisotopic (exact) mass is 428 g/mol. The fraction of sp³-hybridized carbons (Fsp3) is 0.526. The number of nitrogens with two attached hydrogens (primary N) is 1. The van der Waals surface area contributed by atoms with Crippen LogP contribution in [0.25, 0.3) is 0 Å². The van der Waals surface area contributed by atoms with Gasteiger partial charge in [0.1, 0.15) is 5.75 Å². The summed E-state index contributed by atoms with van der Waals surface area (Å²) >= 11 is 0. The van der Waals surface area contributed by atoms with Gasteiger partial charge in [-0.1, -0.05) is 26.0 Å². The van der Waals surface area contributed by atoms with Crippen LogP contribution < -0.4 is 21.1 Å². The first-order chi connectivity index (χ1) is 13.4. The van der Waals surface area contributed by atoms with Crippen LogP contribution in [0.3, 0.4) is 0 Å². The largest absolute Gasteiger partial charge is 0.482 e. The van der Waals surface area contributed by atoms with Crippen LogP contribution in [0.4, 0.5) is 5.69 Å². The Hall–Kier alpha value is -2.36. The Bertz CT molecular complexity index is 695. The van der Waals surface area contributed by atoms with Crippen molar-refractivity contribution in [3.63, 3.8) is 0 Å². The molecule has 1 aliphatic rings. The normalized spacial score (nSPS) is 14.6. The van der Waals surface area contributed by atoms with Crippen molar-refractivity contribution in [1.82, 2.24) is 10.2 Å². The van der Waals surface area contributed by atoms with Crippen LogP contribution in [0.5, 0.6) is 5.75 Å². The van der Waals surface area contributed by atoms with Gasteiger partial charge in [-0.15, -0.1) is 12.4 Å². The summed E-state index contributed by atoms with van der Waals surface area (Å²) in [4.78, 5) is 37.9. The zero-order chi connectivity index (χ0) is 20.5. The first-order valence-corrected chi connectivity index (χ1v) is 9.29. The second-order valence-electron chi connectivity index (χ2n) is 6.81. The van der Waals surface area contributed by atoms with Gasteiger partial charge in [0, 0.05) is 13.1 Å². The molecule has 1 saturated heterocycles. The zero-order valence-corrected chi connectivity index (χ0v) is 17.5. The summed E-state index contributed by atoms with van der Waals surface area (Å²) in [5, 5.41) is 5.18. The lowest BCUT2D eigenvalue weighted by Gasteiger charge is -2.26. The van der Waals surface area contributed by atoms with Gasteiger partial charge in [0.25, 0.3) is 5.91 Å². The Morgan fingerprint density at radius 2 is 1.86 bits per heavy atom. The highest BCUT2D eigenvalue weighted by Crippen LogP contribution is 2.23. The van der Waals surface area contributed by atoms with Gasteiger partial charge in [-0.05, 0) is 18.1 Å². The van der Waals surface area contributed by atoms with Crippen molar-refractivity contribution in [2.75, 3.05) is 44.8 Å². The van der Waals surface area contributed by atoms with Crippen molar-refractivity contribution in [2.24, 2.45) is 11.7 Å². The molecule has 1 aliphatic heterocycles. The Labute approximate surface area is 176 Å². The summed E-state index contributed by atoms with van der Waals surface area (Å²) in [5.74, 6) is -0.589. The molecule has 1 atom stereocenters. The summed E-state index contributed by atoms with van der Waals surface area (Å²) in [6.07, 6.45) is 0. The van der Waals surface area contributed by atoms with Crippen LogP contribution in [0.1, 0.15) is 13.8 Å². The molecule has 1 heterocycles. The molecule has 1 aromatic rings. The number of nitrogens with zero attached hydrogens (tertiary/aromatic N) is 1. The molecular formula is C19H29ClN4O5. The lowest BCUT2D eigenvalue weighted by atomic mass is 10.1. The number of nitrogens with one attached hydrogen (secondary N) is 2. The summed E-state index contributed by atoms with van der Waals surface area (Å²) < 4.78 is 10.8. The van der Waals surface area contributed by atoms with Crippen LogP contribution in [0, 0.1) is 5.92 Å². The SMILES string of the molecule is CC(C)[C@H](N)C(=O)NCC(=O)Nc1ccccc1OCC(=O)N1CCOCC1.Cl. The number of morpholine rings is 1. The highest BCUT2D eigenvalue weighted by Gasteiger charge is 2.19. The molecular weight excluding hydrogens is 400 g/mol. The predicted molar refractivity (Wildman–Crippen MR) is 111 cm³/mol. The highest BCUT2D eigenvalue weighted by atomic mass is 35.5. The van der Waals surface area contributed by atoms with E-state index in [1.54, 1.807) is 29.2 Å². The Balaban J connectivity index is 0.00000420. The highest BCUT2D eigenvalue weighted by molar-refractivity contribution is 5.96. The molecule has 0 bridgehead atoms. The van der Waals surface area contributed by atoms with E-state index in [-0.39, 0.29) is 43.3 Å². The van der Waals surface area contributed by atoms with Gasteiger partial charge in [-0.3, -0.25) is 14.4 Å². The van der Waals surface area contributed by atoms with Crippen molar-refractivity contribution < 1.29 is 23.9 Å². The number of carbonyl (C=O) groups is 3. The van der Waals surface area contributed by atoms with E-state index in [9.17, 15) is 14.4 Å². The summed E-state index contributed by atoms with van der Waals surface area (Å²) in [7, 11) is 0. The fourth-order valence-electron chi connectivity index (χ4n) is 2.52. The number of benzene rings is 1. The average molecular weight is 429 g/mol. The summed E-state index contributed by atoms with van der Waals surface area (Å²) in [5.41, 5.74) is 6.17. The zero-order valence-electron chi connectivity index (χ0n) is 16.7. The van der Waals surface area contributed by atoms with Crippen molar-refractivity contribution in [2.45, 2.75) is 19.9 Å². The third kappa shape index (κ3) is 7.88. The number of hydrogen-bond donors (Lipinski definition) is 3. The number of carbonyl (C=O) groups excluding carboxylic acids is 3. The maximum absolute atomic E-state index is 12.2. The van der Waals surface area contributed by atoms with Crippen LogP contribution in [-0.2, 0) is 19.1 Å². The van der Waals surface area contributed by atoms with Gasteiger partial charge < -0.3 is 30.7 Å². The van der Waals surface area contributed by atoms with Gasteiger partial charge in [-0.2, -0.15) is 0 Å². The third-order valence-corrected chi connectivity index (χ3v) is 4.32. The minimum Gasteiger partial charge on any atom is -0.482 e. The average Bonchev–Trinajstić information content (AvgIpc) is 2.71. The van der Waals surface area contributed by atoms with E-state index in [1.807, 2.05) is 13.8 Å². The van der Waals surface area contributed by atoms with E-state index < -0.39 is 11.9 Å². The second kappa shape index (κ2) is 12.3. The van der Waals surface area contributed by atoms with Gasteiger partial charge >= 0.3 is 0 Å². The van der Waals surface area contributed by atoms with Crippen molar-refractivity contribution in [3.05, 3.63) is 24.3 Å². The molecule has 0 saturated carbocycles. The van der Waals surface area contributed by atoms with Crippen molar-refractivity contribution in [3.8, 4) is 5.75 Å². The molecule has 0 aliphatic carbocycles. The minimum absolute atomic E-state index is 0. The number of halogens is 1. The third-order valence-electron chi connectivity index (χ3n) is 4.32. The topological polar surface area (TPSA) is 123 Å². The predicted octanol–water partition coefficient (Wildman–Crippen LogP) is 0.384. The molecule has 0 radical (unpaired) electrons. The standard InChI is InChI=1S/C19H28N4O5.ClH/c1-13(2)18(20)19(26)21-11-16(24)22-14-5-3-4-6-15(14)28-12-17(25)23-7-9-27-10-8-23;/h3-6,13,18H,7-12,20H2,1-2H3,(H,21,26)(H,22,24);1H/t18-;/m0./s1. The quantitative estimate of drug-likeness (QED) is 0.550. The van der Waals surface area contributed by atoms with Gasteiger partial charge in [0.2, 0.25) is 11.8 Å². The molecule has 4 N–H and O–H groups in total. The molecule has 0 unspecified atom stereocenters. The van der Waals surface area contributed by atoms with E-state index in [1.165, 1.54) is 0 Å². The minimum atomic E-state index is -0.672. The number of rotatable bonds is 8.